The minimum absolute atomic E-state index is 0.0675. The van der Waals surface area contributed by atoms with E-state index in [0.717, 1.165) is 18.8 Å². The van der Waals surface area contributed by atoms with Gasteiger partial charge in [-0.3, -0.25) is 15.1 Å². The summed E-state index contributed by atoms with van der Waals surface area (Å²) in [6.45, 7) is 2.36. The average molecular weight is 527 g/mol. The SMILES string of the molecule is CN1C[C@@H]2[C@@H](C#Cc3cc4ncnc(Nc5ccc(OCc6ccccn6)c(Cl)c5)c4cc3[N+](=O)[O-])[C@@H]2C1. The first-order valence-corrected chi connectivity index (χ1v) is 12.6. The predicted molar refractivity (Wildman–Crippen MR) is 144 cm³/mol. The number of halogens is 1. The van der Waals surface area contributed by atoms with Gasteiger partial charge < -0.3 is 15.0 Å². The number of anilines is 2. The van der Waals surface area contributed by atoms with Gasteiger partial charge in [0.2, 0.25) is 0 Å². The van der Waals surface area contributed by atoms with Crippen LogP contribution in [-0.4, -0.2) is 44.9 Å². The van der Waals surface area contributed by atoms with Crippen molar-refractivity contribution < 1.29 is 9.66 Å². The topological polar surface area (TPSA) is 106 Å². The molecule has 1 saturated heterocycles. The fraction of sp³-hybridized carbons (Fsp3) is 0.250. The summed E-state index contributed by atoms with van der Waals surface area (Å²) in [4.78, 5) is 26.7. The number of likely N-dealkylation sites (tertiary alicyclic amines) is 1. The minimum atomic E-state index is -0.410. The first-order chi connectivity index (χ1) is 18.5. The quantitative estimate of drug-likeness (QED) is 0.211. The number of nitrogens with one attached hydrogen (secondary N) is 1. The van der Waals surface area contributed by atoms with Gasteiger partial charge in [0, 0.05) is 42.3 Å². The smallest absolute Gasteiger partial charge is 0.285 e. The second-order valence-electron chi connectivity index (χ2n) is 9.59. The van der Waals surface area contributed by atoms with Gasteiger partial charge in [0.15, 0.2) is 0 Å². The lowest BCUT2D eigenvalue weighted by atomic mass is 10.1. The van der Waals surface area contributed by atoms with E-state index in [-0.39, 0.29) is 12.3 Å². The first kappa shape index (κ1) is 24.1. The Bertz CT molecular complexity index is 1590. The van der Waals surface area contributed by atoms with Crippen LogP contribution in [-0.2, 0) is 6.61 Å². The summed E-state index contributed by atoms with van der Waals surface area (Å²) in [6, 6.07) is 14.0. The maximum absolute atomic E-state index is 11.9. The lowest BCUT2D eigenvalue weighted by molar-refractivity contribution is -0.385. The van der Waals surface area contributed by atoms with Crippen molar-refractivity contribution in [3.63, 3.8) is 0 Å². The van der Waals surface area contributed by atoms with Crippen molar-refractivity contribution in [2.24, 2.45) is 17.8 Å². The lowest BCUT2D eigenvalue weighted by Crippen LogP contribution is -2.18. The average Bonchev–Trinajstić information content (AvgIpc) is 3.38. The van der Waals surface area contributed by atoms with Crippen LogP contribution in [0.1, 0.15) is 11.3 Å². The Morgan fingerprint density at radius 3 is 2.74 bits per heavy atom. The highest BCUT2D eigenvalue weighted by Gasteiger charge is 2.54. The van der Waals surface area contributed by atoms with Crippen LogP contribution in [0, 0.1) is 39.7 Å². The Labute approximate surface area is 224 Å². The van der Waals surface area contributed by atoms with Crippen molar-refractivity contribution in [1.29, 1.82) is 0 Å². The molecule has 0 radical (unpaired) electrons. The van der Waals surface area contributed by atoms with Crippen molar-refractivity contribution in [3.8, 4) is 17.6 Å². The van der Waals surface area contributed by atoms with Crippen LogP contribution in [0.25, 0.3) is 10.9 Å². The number of hydrogen-bond donors (Lipinski definition) is 1. The Balaban J connectivity index is 1.24. The van der Waals surface area contributed by atoms with E-state index in [9.17, 15) is 10.1 Å². The molecular weight excluding hydrogens is 504 g/mol. The van der Waals surface area contributed by atoms with E-state index in [1.165, 1.54) is 12.4 Å². The summed E-state index contributed by atoms with van der Waals surface area (Å²) in [5.41, 5.74) is 2.30. The van der Waals surface area contributed by atoms with Gasteiger partial charge in [-0.25, -0.2) is 9.97 Å². The third-order valence-corrected chi connectivity index (χ3v) is 7.29. The van der Waals surface area contributed by atoms with Crippen molar-refractivity contribution in [2.45, 2.75) is 6.61 Å². The van der Waals surface area contributed by atoms with Gasteiger partial charge in [-0.15, -0.1) is 0 Å². The molecule has 10 heteroatoms. The number of hydrogen-bond acceptors (Lipinski definition) is 8. The molecule has 2 aromatic heterocycles. The zero-order valence-electron chi connectivity index (χ0n) is 20.5. The third-order valence-electron chi connectivity index (χ3n) is 7.00. The molecule has 190 valence electrons. The fourth-order valence-electron chi connectivity index (χ4n) is 5.02. The largest absolute Gasteiger partial charge is 0.486 e. The van der Waals surface area contributed by atoms with Crippen molar-refractivity contribution in [2.75, 3.05) is 25.5 Å². The second-order valence-corrected chi connectivity index (χ2v) is 10.00. The molecule has 2 aromatic carbocycles. The highest BCUT2D eigenvalue weighted by Crippen LogP contribution is 2.50. The van der Waals surface area contributed by atoms with E-state index in [1.807, 2.05) is 18.2 Å². The molecule has 2 fully saturated rings. The number of fused-ring (bicyclic) bond motifs is 2. The predicted octanol–water partition coefficient (Wildman–Crippen LogP) is 5.07. The lowest BCUT2D eigenvalue weighted by Gasteiger charge is -2.12. The number of nitro groups is 1. The summed E-state index contributed by atoms with van der Waals surface area (Å²) in [7, 11) is 2.11. The van der Waals surface area contributed by atoms with Crippen molar-refractivity contribution >= 4 is 39.7 Å². The minimum Gasteiger partial charge on any atom is -0.486 e. The molecule has 1 aliphatic carbocycles. The zero-order valence-corrected chi connectivity index (χ0v) is 21.2. The van der Waals surface area contributed by atoms with Gasteiger partial charge in [-0.1, -0.05) is 29.5 Å². The van der Waals surface area contributed by atoms with E-state index < -0.39 is 4.92 Å². The summed E-state index contributed by atoms with van der Waals surface area (Å²) in [5.74, 6) is 8.74. The number of pyridine rings is 1. The van der Waals surface area contributed by atoms with Crippen molar-refractivity contribution in [3.05, 3.63) is 87.4 Å². The Kier molecular flexibility index (Phi) is 6.27. The summed E-state index contributed by atoms with van der Waals surface area (Å²) >= 11 is 6.45. The van der Waals surface area contributed by atoms with E-state index in [0.29, 0.717) is 56.5 Å². The van der Waals surface area contributed by atoms with E-state index in [2.05, 4.69) is 44.1 Å². The molecule has 3 heterocycles. The van der Waals surface area contributed by atoms with Gasteiger partial charge in [0.05, 0.1) is 21.2 Å². The normalized spacial score (nSPS) is 19.9. The Hall–Kier alpha value is -4.26. The maximum Gasteiger partial charge on any atom is 0.285 e. The van der Waals surface area contributed by atoms with E-state index in [1.54, 1.807) is 30.5 Å². The Morgan fingerprint density at radius 1 is 1.16 bits per heavy atom. The standard InChI is InChI=1S/C28H23ClN6O3/c1-34-13-22-20(23(22)14-34)7-5-17-10-25-21(12-26(17)35(36)37)28(32-16-31-25)33-18-6-8-27(24(29)11-18)38-15-19-4-2-3-9-30-19/h2-4,6,8-12,16,20,22-23H,13-15H2,1H3,(H,31,32,33)/t20-,22-,23+. The van der Waals surface area contributed by atoms with Gasteiger partial charge in [-0.05, 0) is 55.3 Å². The summed E-state index contributed by atoms with van der Waals surface area (Å²) in [5, 5.41) is 16.0. The number of nitro benzene ring substituents is 1. The molecule has 9 nitrogen and oxygen atoms in total. The summed E-state index contributed by atoms with van der Waals surface area (Å²) < 4.78 is 5.79. The molecule has 0 bridgehead atoms. The number of ether oxygens (including phenoxy) is 1. The van der Waals surface area contributed by atoms with Crippen LogP contribution in [0.4, 0.5) is 17.2 Å². The molecule has 1 saturated carbocycles. The van der Waals surface area contributed by atoms with Gasteiger partial charge in [0.25, 0.3) is 5.69 Å². The maximum atomic E-state index is 11.9. The van der Waals surface area contributed by atoms with Crippen molar-refractivity contribution in [1.82, 2.24) is 19.9 Å². The second kappa shape index (κ2) is 9.89. The zero-order chi connectivity index (χ0) is 26.2. The summed E-state index contributed by atoms with van der Waals surface area (Å²) in [6.07, 6.45) is 3.12. The number of rotatable bonds is 6. The van der Waals surface area contributed by atoms with Crippen LogP contribution >= 0.6 is 11.6 Å². The number of benzene rings is 2. The number of piperidine rings is 1. The molecular formula is C28H23ClN6O3. The Morgan fingerprint density at radius 2 is 2.00 bits per heavy atom. The number of aromatic nitrogens is 3. The fourth-order valence-corrected chi connectivity index (χ4v) is 5.26. The van der Waals surface area contributed by atoms with Crippen LogP contribution in [0.5, 0.6) is 5.75 Å². The molecule has 1 aliphatic heterocycles. The van der Waals surface area contributed by atoms with Crippen LogP contribution in [0.3, 0.4) is 0 Å². The number of nitrogens with zero attached hydrogens (tertiary/aromatic N) is 5. The van der Waals surface area contributed by atoms with Gasteiger partial charge >= 0.3 is 0 Å². The molecule has 38 heavy (non-hydrogen) atoms. The molecule has 3 atom stereocenters. The van der Waals surface area contributed by atoms with E-state index in [4.69, 9.17) is 16.3 Å². The van der Waals surface area contributed by atoms with Crippen LogP contribution < -0.4 is 10.1 Å². The molecule has 4 aromatic rings. The highest BCUT2D eigenvalue weighted by atomic mass is 35.5. The molecule has 6 rings (SSSR count). The van der Waals surface area contributed by atoms with E-state index >= 15 is 0 Å². The van der Waals surface area contributed by atoms with Crippen LogP contribution in [0.15, 0.2) is 61.1 Å². The highest BCUT2D eigenvalue weighted by molar-refractivity contribution is 6.32. The molecule has 0 unspecified atom stereocenters. The monoisotopic (exact) mass is 526 g/mol. The van der Waals surface area contributed by atoms with Gasteiger partial charge in [0.1, 0.15) is 30.1 Å². The van der Waals surface area contributed by atoms with Gasteiger partial charge in [-0.2, -0.15) is 0 Å². The third kappa shape index (κ3) is 4.84. The molecule has 0 amide bonds. The van der Waals surface area contributed by atoms with Crippen LogP contribution in [0.2, 0.25) is 5.02 Å². The molecule has 1 N–H and O–H groups in total. The first-order valence-electron chi connectivity index (χ1n) is 12.2. The molecule has 2 aliphatic rings. The molecule has 0 spiro atoms.